The highest BCUT2D eigenvalue weighted by molar-refractivity contribution is 9.10. The number of hydrogen-bond donors (Lipinski definition) is 0. The van der Waals surface area contributed by atoms with Gasteiger partial charge in [0.1, 0.15) is 0 Å². The van der Waals surface area contributed by atoms with E-state index in [-0.39, 0.29) is 30.8 Å². The van der Waals surface area contributed by atoms with Gasteiger partial charge in [0.25, 0.3) is 0 Å². The predicted octanol–water partition coefficient (Wildman–Crippen LogP) is 3.64. The Morgan fingerprint density at radius 2 is 1.54 bits per heavy atom. The van der Waals surface area contributed by atoms with E-state index < -0.39 is 0 Å². The molecule has 6 heteroatoms. The zero-order valence-electron chi connectivity index (χ0n) is 16.0. The third kappa shape index (κ3) is 5.20. The third-order valence-electron chi connectivity index (χ3n) is 5.10. The van der Waals surface area contributed by atoms with Gasteiger partial charge >= 0.3 is 5.97 Å². The summed E-state index contributed by atoms with van der Waals surface area (Å²) in [6.07, 6.45) is 0.350. The largest absolute Gasteiger partial charge is 0.469 e. The number of benzene rings is 2. The van der Waals surface area contributed by atoms with Gasteiger partial charge in [0.05, 0.1) is 19.6 Å². The van der Waals surface area contributed by atoms with Gasteiger partial charge in [0.15, 0.2) is 0 Å². The third-order valence-corrected chi connectivity index (χ3v) is 5.63. The number of halogens is 1. The molecule has 5 nitrogen and oxygen atoms in total. The molecule has 0 unspecified atom stereocenters. The molecule has 2 aromatic rings. The maximum atomic E-state index is 12.4. The lowest BCUT2D eigenvalue weighted by molar-refractivity contribution is -0.144. The van der Waals surface area contributed by atoms with Crippen LogP contribution in [0.4, 0.5) is 0 Å². The topological polar surface area (TPSA) is 49.9 Å². The number of carbonyl (C=O) groups excluding carboxylic acids is 2. The quantitative estimate of drug-likeness (QED) is 0.638. The molecule has 148 valence electrons. The van der Waals surface area contributed by atoms with Gasteiger partial charge in [-0.25, -0.2) is 0 Å². The maximum absolute atomic E-state index is 12.4. The first-order valence-electron chi connectivity index (χ1n) is 9.47. The summed E-state index contributed by atoms with van der Waals surface area (Å²) in [7, 11) is 1.34. The minimum atomic E-state index is -0.341. The lowest BCUT2D eigenvalue weighted by Crippen LogP contribution is -2.49. The molecule has 0 aromatic heterocycles. The van der Waals surface area contributed by atoms with Crippen molar-refractivity contribution in [2.45, 2.75) is 18.9 Å². The molecule has 28 heavy (non-hydrogen) atoms. The van der Waals surface area contributed by atoms with Crippen LogP contribution in [0.5, 0.6) is 0 Å². The van der Waals surface area contributed by atoms with E-state index in [1.807, 2.05) is 11.0 Å². The van der Waals surface area contributed by atoms with Crippen LogP contribution in [0.2, 0.25) is 0 Å². The number of methoxy groups -OCH3 is 1. The number of rotatable bonds is 6. The fraction of sp³-hybridized carbons (Fsp3) is 0.364. The molecule has 0 bridgehead atoms. The van der Waals surface area contributed by atoms with Gasteiger partial charge in [-0.05, 0) is 23.3 Å². The van der Waals surface area contributed by atoms with Crippen molar-refractivity contribution in [1.29, 1.82) is 0 Å². The van der Waals surface area contributed by atoms with Crippen molar-refractivity contribution < 1.29 is 14.3 Å². The van der Waals surface area contributed by atoms with Gasteiger partial charge < -0.3 is 9.64 Å². The SMILES string of the molecule is COC(=O)CCC(=O)N1CCN([C@@H](c2ccccc2)c2ccc(Br)cc2)CC1. The molecule has 0 saturated carbocycles. The van der Waals surface area contributed by atoms with E-state index in [9.17, 15) is 9.59 Å². The number of esters is 1. The van der Waals surface area contributed by atoms with E-state index in [0.717, 1.165) is 17.6 Å². The van der Waals surface area contributed by atoms with Crippen LogP contribution in [0.25, 0.3) is 0 Å². The average Bonchev–Trinajstić information content (AvgIpc) is 2.74. The molecule has 0 N–H and O–H groups in total. The second-order valence-corrected chi connectivity index (χ2v) is 7.77. The molecule has 0 spiro atoms. The summed E-state index contributed by atoms with van der Waals surface area (Å²) in [5.41, 5.74) is 2.48. The lowest BCUT2D eigenvalue weighted by atomic mass is 9.96. The van der Waals surface area contributed by atoms with E-state index in [4.69, 9.17) is 0 Å². The van der Waals surface area contributed by atoms with Crippen LogP contribution in [0.3, 0.4) is 0 Å². The standard InChI is InChI=1S/C22H25BrN2O3/c1-28-21(27)12-11-20(26)24-13-15-25(16-14-24)22(17-5-3-2-4-6-17)18-7-9-19(23)10-8-18/h2-10,22H,11-16H2,1H3/t22-/m0/s1. The molecule has 1 aliphatic rings. The smallest absolute Gasteiger partial charge is 0.306 e. The number of piperazine rings is 1. The molecular formula is C22H25BrN2O3. The summed E-state index contributed by atoms with van der Waals surface area (Å²) in [6, 6.07) is 19.0. The normalized spacial score (nSPS) is 15.9. The Kier molecular flexibility index (Phi) is 7.23. The van der Waals surface area contributed by atoms with Crippen molar-refractivity contribution in [3.05, 3.63) is 70.2 Å². The first-order chi connectivity index (χ1) is 13.6. The molecular weight excluding hydrogens is 420 g/mol. The van der Waals surface area contributed by atoms with Gasteiger partial charge in [-0.15, -0.1) is 0 Å². The van der Waals surface area contributed by atoms with E-state index >= 15 is 0 Å². The number of hydrogen-bond acceptors (Lipinski definition) is 4. The summed E-state index contributed by atoms with van der Waals surface area (Å²) in [6.45, 7) is 2.92. The van der Waals surface area contributed by atoms with Crippen molar-refractivity contribution >= 4 is 27.8 Å². The summed E-state index contributed by atoms with van der Waals surface area (Å²) < 4.78 is 5.68. The Bertz CT molecular complexity index is 787. The van der Waals surface area contributed by atoms with Crippen LogP contribution in [-0.4, -0.2) is 55.0 Å². The van der Waals surface area contributed by atoms with Gasteiger partial charge in [-0.3, -0.25) is 14.5 Å². The van der Waals surface area contributed by atoms with Crippen molar-refractivity contribution in [2.75, 3.05) is 33.3 Å². The van der Waals surface area contributed by atoms with Gasteiger partial charge in [0, 0.05) is 37.1 Å². The van der Waals surface area contributed by atoms with Crippen molar-refractivity contribution in [3.8, 4) is 0 Å². The molecule has 1 amide bonds. The minimum Gasteiger partial charge on any atom is -0.469 e. The van der Waals surface area contributed by atoms with Gasteiger partial charge in [0.2, 0.25) is 5.91 Å². The molecule has 1 aliphatic heterocycles. The van der Waals surface area contributed by atoms with Crippen LogP contribution >= 0.6 is 15.9 Å². The van der Waals surface area contributed by atoms with Crippen molar-refractivity contribution in [2.24, 2.45) is 0 Å². The van der Waals surface area contributed by atoms with E-state index in [2.05, 4.69) is 74.1 Å². The number of ether oxygens (including phenoxy) is 1. The molecule has 0 radical (unpaired) electrons. The molecule has 1 heterocycles. The Hall–Kier alpha value is -2.18. The second-order valence-electron chi connectivity index (χ2n) is 6.86. The number of carbonyl (C=O) groups is 2. The highest BCUT2D eigenvalue weighted by Gasteiger charge is 2.28. The van der Waals surface area contributed by atoms with E-state index in [1.54, 1.807) is 0 Å². The monoisotopic (exact) mass is 444 g/mol. The first kappa shape index (κ1) is 20.6. The molecule has 1 atom stereocenters. The van der Waals surface area contributed by atoms with Crippen LogP contribution in [-0.2, 0) is 14.3 Å². The summed E-state index contributed by atoms with van der Waals surface area (Å²) in [5, 5.41) is 0. The molecule has 1 fully saturated rings. The fourth-order valence-corrected chi connectivity index (χ4v) is 3.86. The van der Waals surface area contributed by atoms with Crippen molar-refractivity contribution in [1.82, 2.24) is 9.80 Å². The van der Waals surface area contributed by atoms with E-state index in [1.165, 1.54) is 18.2 Å². The van der Waals surface area contributed by atoms with Gasteiger partial charge in [-0.1, -0.05) is 58.4 Å². The number of nitrogens with zero attached hydrogens (tertiary/aromatic N) is 2. The Balaban J connectivity index is 1.69. The van der Waals surface area contributed by atoms with Crippen LogP contribution in [0, 0.1) is 0 Å². The maximum Gasteiger partial charge on any atom is 0.306 e. The summed E-state index contributed by atoms with van der Waals surface area (Å²) >= 11 is 3.51. The van der Waals surface area contributed by atoms with Crippen LogP contribution in [0.15, 0.2) is 59.1 Å². The lowest BCUT2D eigenvalue weighted by Gasteiger charge is -2.39. The Morgan fingerprint density at radius 1 is 0.929 bits per heavy atom. The Labute approximate surface area is 174 Å². The van der Waals surface area contributed by atoms with Crippen LogP contribution < -0.4 is 0 Å². The van der Waals surface area contributed by atoms with Gasteiger partial charge in [-0.2, -0.15) is 0 Å². The highest BCUT2D eigenvalue weighted by Crippen LogP contribution is 2.30. The molecule has 3 rings (SSSR count). The average molecular weight is 445 g/mol. The molecule has 2 aromatic carbocycles. The molecule has 1 saturated heterocycles. The second kappa shape index (κ2) is 9.85. The predicted molar refractivity (Wildman–Crippen MR) is 112 cm³/mol. The highest BCUT2D eigenvalue weighted by atomic mass is 79.9. The summed E-state index contributed by atoms with van der Waals surface area (Å²) in [4.78, 5) is 27.9. The first-order valence-corrected chi connectivity index (χ1v) is 10.3. The van der Waals surface area contributed by atoms with Crippen molar-refractivity contribution in [3.63, 3.8) is 0 Å². The zero-order valence-corrected chi connectivity index (χ0v) is 17.6. The Morgan fingerprint density at radius 3 is 2.14 bits per heavy atom. The molecule has 0 aliphatic carbocycles. The fourth-order valence-electron chi connectivity index (χ4n) is 3.59. The number of amides is 1. The van der Waals surface area contributed by atoms with Crippen LogP contribution in [0.1, 0.15) is 30.0 Å². The van der Waals surface area contributed by atoms with E-state index in [0.29, 0.717) is 13.1 Å². The zero-order chi connectivity index (χ0) is 19.9. The minimum absolute atomic E-state index is 0.0185. The summed E-state index contributed by atoms with van der Waals surface area (Å²) in [5.74, 6) is -0.323.